The van der Waals surface area contributed by atoms with Gasteiger partial charge in [0.15, 0.2) is 0 Å². The van der Waals surface area contributed by atoms with E-state index in [4.69, 9.17) is 15.2 Å². The van der Waals surface area contributed by atoms with Crippen LogP contribution in [0.3, 0.4) is 0 Å². The Morgan fingerprint density at radius 1 is 1.18 bits per heavy atom. The number of benzene rings is 2. The lowest BCUT2D eigenvalue weighted by molar-refractivity contribution is -0.145. The zero-order chi connectivity index (χ0) is 27.9. The van der Waals surface area contributed by atoms with Gasteiger partial charge in [-0.15, -0.1) is 0 Å². The number of nitrogens with one attached hydrogen (secondary N) is 2. The Balaban J connectivity index is 1.39. The number of aliphatic imine (C=N–C) groups is 1. The van der Waals surface area contributed by atoms with Gasteiger partial charge in [-0.2, -0.15) is 0 Å². The number of amides is 2. The van der Waals surface area contributed by atoms with Crippen molar-refractivity contribution < 1.29 is 23.9 Å². The van der Waals surface area contributed by atoms with Crippen LogP contribution in [0, 0.1) is 11.8 Å². The average Bonchev–Trinajstić information content (AvgIpc) is 2.89. The van der Waals surface area contributed by atoms with Crippen LogP contribution in [0.15, 0.2) is 47.5 Å². The molecule has 2 heterocycles. The Kier molecular flexibility index (Phi) is 9.06. The van der Waals surface area contributed by atoms with Crippen molar-refractivity contribution in [2.75, 3.05) is 25.1 Å². The number of ether oxygens (including phenoxy) is 2. The first-order valence-corrected chi connectivity index (χ1v) is 13.4. The van der Waals surface area contributed by atoms with Gasteiger partial charge in [0.05, 0.1) is 24.8 Å². The molecule has 2 aliphatic heterocycles. The van der Waals surface area contributed by atoms with Crippen LogP contribution in [0.5, 0.6) is 5.75 Å². The van der Waals surface area contributed by atoms with E-state index in [2.05, 4.69) is 21.7 Å². The summed E-state index contributed by atoms with van der Waals surface area (Å²) in [5.41, 5.74) is 9.58. The number of nitrogens with zero attached hydrogens (tertiary/aromatic N) is 2. The summed E-state index contributed by atoms with van der Waals surface area (Å²) in [5.74, 6) is -0.291. The number of aryl methyl sites for hydroxylation is 1. The third-order valence-corrected chi connectivity index (χ3v) is 6.76. The van der Waals surface area contributed by atoms with Crippen LogP contribution in [-0.4, -0.2) is 54.4 Å². The molecule has 208 valence electrons. The summed E-state index contributed by atoms with van der Waals surface area (Å²) in [5, 5.41) is 6.18. The first kappa shape index (κ1) is 27.9. The van der Waals surface area contributed by atoms with Crippen LogP contribution in [0.2, 0.25) is 0 Å². The molecule has 0 bridgehead atoms. The first-order valence-electron chi connectivity index (χ1n) is 13.4. The summed E-state index contributed by atoms with van der Waals surface area (Å²) in [6.45, 7) is 6.31. The third-order valence-electron chi connectivity index (χ3n) is 6.76. The van der Waals surface area contributed by atoms with E-state index in [1.807, 2.05) is 44.2 Å². The number of anilines is 1. The number of hydrogen-bond donors (Lipinski definition) is 3. The first-order chi connectivity index (χ1) is 18.7. The number of hydrogen-bond acceptors (Lipinski definition) is 8. The second-order valence-electron chi connectivity index (χ2n) is 10.4. The summed E-state index contributed by atoms with van der Waals surface area (Å²) in [7, 11) is 0. The number of guanidine groups is 1. The van der Waals surface area contributed by atoms with Crippen molar-refractivity contribution in [1.29, 1.82) is 0 Å². The SMILES string of the molecule is CC(=O)NC1=Nc2cc(OCCC(C(N)=O)C3CCc4ccccc4N3)ccc2CN1CC(=O)OCC(C)C. The highest BCUT2D eigenvalue weighted by Gasteiger charge is 2.30. The summed E-state index contributed by atoms with van der Waals surface area (Å²) >= 11 is 0. The van der Waals surface area contributed by atoms with Crippen molar-refractivity contribution in [2.24, 2.45) is 22.6 Å². The second kappa shape index (κ2) is 12.6. The third kappa shape index (κ3) is 7.49. The minimum absolute atomic E-state index is 0.0301. The Bertz CT molecular complexity index is 1240. The predicted octanol–water partition coefficient (Wildman–Crippen LogP) is 3.12. The number of esters is 1. The lowest BCUT2D eigenvalue weighted by Crippen LogP contribution is -2.46. The summed E-state index contributed by atoms with van der Waals surface area (Å²) < 4.78 is 11.3. The number of carbonyl (C=O) groups is 3. The smallest absolute Gasteiger partial charge is 0.325 e. The molecule has 4 rings (SSSR count). The number of carbonyl (C=O) groups excluding carboxylic acids is 3. The van der Waals surface area contributed by atoms with E-state index in [0.717, 1.165) is 24.1 Å². The molecule has 2 atom stereocenters. The Morgan fingerprint density at radius 3 is 2.72 bits per heavy atom. The lowest BCUT2D eigenvalue weighted by atomic mass is 9.87. The lowest BCUT2D eigenvalue weighted by Gasteiger charge is -2.32. The van der Waals surface area contributed by atoms with Gasteiger partial charge in [-0.3, -0.25) is 19.7 Å². The molecule has 0 spiro atoms. The van der Waals surface area contributed by atoms with E-state index < -0.39 is 0 Å². The van der Waals surface area contributed by atoms with Gasteiger partial charge in [-0.25, -0.2) is 4.99 Å². The molecule has 4 N–H and O–H groups in total. The van der Waals surface area contributed by atoms with Crippen LogP contribution in [0.25, 0.3) is 0 Å². The number of nitrogens with two attached hydrogens (primary N) is 1. The minimum atomic E-state index is -0.384. The average molecular weight is 536 g/mol. The summed E-state index contributed by atoms with van der Waals surface area (Å²) in [6.07, 6.45) is 2.19. The van der Waals surface area contributed by atoms with Gasteiger partial charge in [-0.05, 0) is 48.4 Å². The summed E-state index contributed by atoms with van der Waals surface area (Å²) in [4.78, 5) is 42.7. The van der Waals surface area contributed by atoms with Gasteiger partial charge in [0, 0.05) is 31.3 Å². The molecule has 2 amide bonds. The molecule has 2 aromatic rings. The molecule has 2 aliphatic rings. The molecule has 2 unspecified atom stereocenters. The Morgan fingerprint density at radius 2 is 1.97 bits per heavy atom. The normalized spacial score (nSPS) is 16.8. The van der Waals surface area contributed by atoms with Crippen molar-refractivity contribution in [3.63, 3.8) is 0 Å². The van der Waals surface area contributed by atoms with Crippen molar-refractivity contribution in [2.45, 2.75) is 52.6 Å². The van der Waals surface area contributed by atoms with E-state index >= 15 is 0 Å². The van der Waals surface area contributed by atoms with Gasteiger partial charge in [-0.1, -0.05) is 38.1 Å². The molecule has 0 aliphatic carbocycles. The fraction of sp³-hybridized carbons (Fsp3) is 0.448. The molecule has 0 saturated carbocycles. The molecule has 0 radical (unpaired) electrons. The minimum Gasteiger partial charge on any atom is -0.493 e. The fourth-order valence-electron chi connectivity index (χ4n) is 4.80. The topological polar surface area (TPSA) is 135 Å². The highest BCUT2D eigenvalue weighted by molar-refractivity contribution is 5.99. The molecule has 0 aromatic heterocycles. The van der Waals surface area contributed by atoms with Crippen LogP contribution in [-0.2, 0) is 32.1 Å². The van der Waals surface area contributed by atoms with Gasteiger partial charge < -0.3 is 25.4 Å². The number of primary amides is 1. The predicted molar refractivity (Wildman–Crippen MR) is 149 cm³/mol. The monoisotopic (exact) mass is 535 g/mol. The molecule has 39 heavy (non-hydrogen) atoms. The largest absolute Gasteiger partial charge is 0.493 e. The van der Waals surface area contributed by atoms with E-state index in [1.54, 1.807) is 11.0 Å². The highest BCUT2D eigenvalue weighted by Crippen LogP contribution is 2.31. The van der Waals surface area contributed by atoms with Crippen molar-refractivity contribution in [3.05, 3.63) is 53.6 Å². The zero-order valence-corrected chi connectivity index (χ0v) is 22.7. The van der Waals surface area contributed by atoms with Gasteiger partial charge in [0.2, 0.25) is 17.8 Å². The molecular formula is C29H37N5O5. The number of rotatable bonds is 10. The second-order valence-corrected chi connectivity index (χ2v) is 10.4. The molecule has 10 nitrogen and oxygen atoms in total. The zero-order valence-electron chi connectivity index (χ0n) is 22.7. The van der Waals surface area contributed by atoms with Crippen LogP contribution >= 0.6 is 0 Å². The van der Waals surface area contributed by atoms with Crippen LogP contribution in [0.1, 0.15) is 44.7 Å². The van der Waals surface area contributed by atoms with Crippen molar-refractivity contribution in [1.82, 2.24) is 10.2 Å². The maximum Gasteiger partial charge on any atom is 0.325 e. The van der Waals surface area contributed by atoms with E-state index in [1.165, 1.54) is 12.5 Å². The van der Waals surface area contributed by atoms with Crippen LogP contribution in [0.4, 0.5) is 11.4 Å². The maximum atomic E-state index is 12.3. The van der Waals surface area contributed by atoms with E-state index in [0.29, 0.717) is 37.6 Å². The quantitative estimate of drug-likeness (QED) is 0.398. The summed E-state index contributed by atoms with van der Waals surface area (Å²) in [6, 6.07) is 13.6. The van der Waals surface area contributed by atoms with E-state index in [9.17, 15) is 14.4 Å². The molecule has 10 heteroatoms. The Hall–Kier alpha value is -4.08. The highest BCUT2D eigenvalue weighted by atomic mass is 16.5. The van der Waals surface area contributed by atoms with Gasteiger partial charge >= 0.3 is 5.97 Å². The van der Waals surface area contributed by atoms with Gasteiger partial charge in [0.25, 0.3) is 0 Å². The van der Waals surface area contributed by atoms with Crippen molar-refractivity contribution in [3.8, 4) is 5.75 Å². The van der Waals surface area contributed by atoms with Crippen molar-refractivity contribution >= 4 is 35.1 Å². The van der Waals surface area contributed by atoms with E-state index in [-0.39, 0.29) is 48.2 Å². The standard InChI is InChI=1S/C29H37N5O5/c1-18(2)17-39-27(36)16-34-15-21-8-10-22(14-26(21)33-29(34)31-19(3)35)38-13-12-23(28(30)37)25-11-9-20-6-4-5-7-24(20)32-25/h4-8,10,14,18,23,25,32H,9,11-13,15-17H2,1-3H3,(H2,30,37)(H,31,33,35). The maximum absolute atomic E-state index is 12.3. The molecule has 2 aromatic carbocycles. The number of fused-ring (bicyclic) bond motifs is 2. The molecular weight excluding hydrogens is 498 g/mol. The fourth-order valence-corrected chi connectivity index (χ4v) is 4.80. The molecule has 0 fully saturated rings. The Labute approximate surface area is 228 Å². The number of para-hydroxylation sites is 1. The van der Waals surface area contributed by atoms with Gasteiger partial charge in [0.1, 0.15) is 12.3 Å². The molecule has 0 saturated heterocycles. The van der Waals surface area contributed by atoms with Crippen LogP contribution < -0.4 is 21.1 Å².